The molecule has 0 bridgehead atoms. The Morgan fingerprint density at radius 2 is 1.90 bits per heavy atom. The fourth-order valence-electron chi connectivity index (χ4n) is 4.00. The van der Waals surface area contributed by atoms with Gasteiger partial charge in [-0.3, -0.25) is 14.5 Å². The van der Waals surface area contributed by atoms with Crippen molar-refractivity contribution in [2.75, 3.05) is 18.4 Å². The predicted molar refractivity (Wildman–Crippen MR) is 111 cm³/mol. The maximum atomic E-state index is 12.8. The number of nitrogens with one attached hydrogen (secondary N) is 1. The van der Waals surface area contributed by atoms with Crippen molar-refractivity contribution in [3.05, 3.63) is 64.7 Å². The minimum absolute atomic E-state index is 0.0248. The van der Waals surface area contributed by atoms with Gasteiger partial charge in [-0.15, -0.1) is 0 Å². The van der Waals surface area contributed by atoms with Crippen LogP contribution in [0.15, 0.2) is 42.5 Å². The molecule has 0 aliphatic carbocycles. The third-order valence-electron chi connectivity index (χ3n) is 5.17. The standard InChI is InChI=1S/C23H25N3O3/c1-23(2,3)21-19-12-17(7-6-16(19)10-11-26(21)14-20(27)28)22(29)25-18-8-4-15(13-24)5-9-18/h4-9,12,21H,10-11,14H2,1-3H3,(H,25,29)(H,27,28). The van der Waals surface area contributed by atoms with Gasteiger partial charge in [0.1, 0.15) is 0 Å². The molecule has 2 aromatic carbocycles. The van der Waals surface area contributed by atoms with Crippen LogP contribution in [0.3, 0.4) is 0 Å². The first-order valence-corrected chi connectivity index (χ1v) is 9.59. The molecule has 1 aliphatic heterocycles. The molecule has 0 saturated carbocycles. The second kappa shape index (κ2) is 8.06. The number of carboxylic acid groups (broad SMARTS) is 1. The van der Waals surface area contributed by atoms with Gasteiger partial charge in [0.25, 0.3) is 5.91 Å². The van der Waals surface area contributed by atoms with Crippen LogP contribution >= 0.6 is 0 Å². The normalized spacial score (nSPS) is 16.6. The minimum Gasteiger partial charge on any atom is -0.480 e. The van der Waals surface area contributed by atoms with Crippen LogP contribution < -0.4 is 5.32 Å². The number of aliphatic carboxylic acids is 1. The van der Waals surface area contributed by atoms with Crippen molar-refractivity contribution >= 4 is 17.6 Å². The van der Waals surface area contributed by atoms with Gasteiger partial charge < -0.3 is 10.4 Å². The second-order valence-electron chi connectivity index (χ2n) is 8.44. The summed E-state index contributed by atoms with van der Waals surface area (Å²) in [6, 6.07) is 14.3. The first-order chi connectivity index (χ1) is 13.7. The number of fused-ring (bicyclic) bond motifs is 1. The molecule has 3 rings (SSSR count). The predicted octanol–water partition coefficient (Wildman–Crippen LogP) is 3.84. The molecule has 0 saturated heterocycles. The molecule has 0 fully saturated rings. The number of carbonyl (C=O) groups excluding carboxylic acids is 1. The summed E-state index contributed by atoms with van der Waals surface area (Å²) >= 11 is 0. The SMILES string of the molecule is CC(C)(C)C1c2cc(C(=O)Nc3ccc(C#N)cc3)ccc2CCN1CC(=O)O. The summed E-state index contributed by atoms with van der Waals surface area (Å²) in [4.78, 5) is 26.1. The molecule has 1 atom stereocenters. The molecule has 2 N–H and O–H groups in total. The number of rotatable bonds is 4. The number of amides is 1. The molecule has 1 aliphatic rings. The van der Waals surface area contributed by atoms with Crippen LogP contribution in [-0.2, 0) is 11.2 Å². The lowest BCUT2D eigenvalue weighted by Crippen LogP contribution is -2.44. The fourth-order valence-corrected chi connectivity index (χ4v) is 4.00. The summed E-state index contributed by atoms with van der Waals surface area (Å²) in [6.07, 6.45) is 0.757. The second-order valence-corrected chi connectivity index (χ2v) is 8.44. The van der Waals surface area contributed by atoms with Crippen LogP contribution in [0.5, 0.6) is 0 Å². The molecule has 0 radical (unpaired) electrons. The zero-order valence-corrected chi connectivity index (χ0v) is 16.9. The number of carbonyl (C=O) groups is 2. The van der Waals surface area contributed by atoms with Crippen molar-refractivity contribution in [1.29, 1.82) is 5.26 Å². The van der Waals surface area contributed by atoms with Crippen LogP contribution in [-0.4, -0.2) is 35.0 Å². The Morgan fingerprint density at radius 3 is 2.48 bits per heavy atom. The van der Waals surface area contributed by atoms with Gasteiger partial charge in [0.15, 0.2) is 0 Å². The zero-order chi connectivity index (χ0) is 21.2. The Hall–Kier alpha value is -3.17. The van der Waals surface area contributed by atoms with Crippen molar-refractivity contribution in [3.8, 4) is 6.07 Å². The smallest absolute Gasteiger partial charge is 0.317 e. The number of hydrogen-bond acceptors (Lipinski definition) is 4. The average molecular weight is 391 g/mol. The Kier molecular flexibility index (Phi) is 5.71. The molecule has 0 aromatic heterocycles. The monoisotopic (exact) mass is 391 g/mol. The molecule has 1 heterocycles. The fraction of sp³-hybridized carbons (Fsp3) is 0.348. The largest absolute Gasteiger partial charge is 0.480 e. The Morgan fingerprint density at radius 1 is 1.21 bits per heavy atom. The number of hydrogen-bond donors (Lipinski definition) is 2. The van der Waals surface area contributed by atoms with Gasteiger partial charge >= 0.3 is 5.97 Å². The summed E-state index contributed by atoms with van der Waals surface area (Å²) in [7, 11) is 0. The number of anilines is 1. The maximum Gasteiger partial charge on any atom is 0.317 e. The Bertz CT molecular complexity index is 968. The van der Waals surface area contributed by atoms with Crippen LogP contribution in [0.1, 0.15) is 53.9 Å². The molecule has 29 heavy (non-hydrogen) atoms. The Balaban J connectivity index is 1.90. The van der Waals surface area contributed by atoms with Crippen LogP contribution in [0.25, 0.3) is 0 Å². The summed E-state index contributed by atoms with van der Waals surface area (Å²) < 4.78 is 0. The highest BCUT2D eigenvalue weighted by Crippen LogP contribution is 2.42. The molecule has 0 spiro atoms. The Labute approximate surface area is 170 Å². The highest BCUT2D eigenvalue weighted by Gasteiger charge is 2.37. The van der Waals surface area contributed by atoms with Crippen LogP contribution in [0, 0.1) is 16.7 Å². The first kappa shape index (κ1) is 20.6. The molecule has 6 nitrogen and oxygen atoms in total. The summed E-state index contributed by atoms with van der Waals surface area (Å²) in [6.45, 7) is 6.92. The van der Waals surface area contributed by atoms with Crippen LogP contribution in [0.2, 0.25) is 0 Å². The van der Waals surface area contributed by atoms with Gasteiger partial charge in [-0.1, -0.05) is 26.8 Å². The maximum absolute atomic E-state index is 12.8. The first-order valence-electron chi connectivity index (χ1n) is 9.59. The van der Waals surface area contributed by atoms with E-state index in [4.69, 9.17) is 5.26 Å². The lowest BCUT2D eigenvalue weighted by atomic mass is 9.76. The van der Waals surface area contributed by atoms with E-state index in [-0.39, 0.29) is 23.9 Å². The van der Waals surface area contributed by atoms with Gasteiger partial charge in [0, 0.05) is 23.8 Å². The lowest BCUT2D eigenvalue weighted by Gasteiger charge is -2.44. The lowest BCUT2D eigenvalue weighted by molar-refractivity contribution is -0.139. The van der Waals surface area contributed by atoms with E-state index in [0.29, 0.717) is 23.4 Å². The van der Waals surface area contributed by atoms with E-state index >= 15 is 0 Å². The van der Waals surface area contributed by atoms with Crippen molar-refractivity contribution in [2.45, 2.75) is 33.2 Å². The van der Waals surface area contributed by atoms with E-state index in [0.717, 1.165) is 17.5 Å². The summed E-state index contributed by atoms with van der Waals surface area (Å²) in [5, 5.41) is 21.1. The molecular formula is C23H25N3O3. The van der Waals surface area contributed by atoms with Crippen molar-refractivity contribution in [1.82, 2.24) is 4.90 Å². The van der Waals surface area contributed by atoms with E-state index in [1.165, 1.54) is 0 Å². The quantitative estimate of drug-likeness (QED) is 0.826. The zero-order valence-electron chi connectivity index (χ0n) is 16.9. The minimum atomic E-state index is -0.850. The van der Waals surface area contributed by atoms with Crippen molar-refractivity contribution in [3.63, 3.8) is 0 Å². The number of nitriles is 1. The average Bonchev–Trinajstić information content (AvgIpc) is 2.66. The molecule has 6 heteroatoms. The van der Waals surface area contributed by atoms with E-state index < -0.39 is 5.97 Å². The highest BCUT2D eigenvalue weighted by molar-refractivity contribution is 6.04. The van der Waals surface area contributed by atoms with E-state index in [1.807, 2.05) is 23.1 Å². The summed E-state index contributed by atoms with van der Waals surface area (Å²) in [5.41, 5.74) is 3.65. The van der Waals surface area contributed by atoms with E-state index in [2.05, 4.69) is 32.2 Å². The number of benzene rings is 2. The highest BCUT2D eigenvalue weighted by atomic mass is 16.4. The van der Waals surface area contributed by atoms with E-state index in [1.54, 1.807) is 24.3 Å². The topological polar surface area (TPSA) is 93.4 Å². The van der Waals surface area contributed by atoms with Gasteiger partial charge in [-0.05, 0) is 59.4 Å². The van der Waals surface area contributed by atoms with Gasteiger partial charge in [-0.25, -0.2) is 0 Å². The van der Waals surface area contributed by atoms with Gasteiger partial charge in [0.2, 0.25) is 0 Å². The van der Waals surface area contributed by atoms with Crippen LogP contribution in [0.4, 0.5) is 5.69 Å². The molecule has 1 amide bonds. The van der Waals surface area contributed by atoms with Gasteiger partial charge in [0.05, 0.1) is 18.2 Å². The summed E-state index contributed by atoms with van der Waals surface area (Å²) in [5.74, 6) is -1.09. The number of nitrogens with zero attached hydrogens (tertiary/aromatic N) is 2. The van der Waals surface area contributed by atoms with Crippen molar-refractivity contribution in [2.24, 2.45) is 5.41 Å². The molecular weight excluding hydrogens is 366 g/mol. The van der Waals surface area contributed by atoms with Crippen molar-refractivity contribution < 1.29 is 14.7 Å². The van der Waals surface area contributed by atoms with Gasteiger partial charge in [-0.2, -0.15) is 5.26 Å². The number of carboxylic acids is 1. The third kappa shape index (κ3) is 4.64. The third-order valence-corrected chi connectivity index (χ3v) is 5.17. The molecule has 1 unspecified atom stereocenters. The molecule has 2 aromatic rings. The van der Waals surface area contributed by atoms with E-state index in [9.17, 15) is 14.7 Å². The molecule has 150 valence electrons.